The highest BCUT2D eigenvalue weighted by Gasteiger charge is 2.14. The van der Waals surface area contributed by atoms with Gasteiger partial charge in [0.1, 0.15) is 0 Å². The van der Waals surface area contributed by atoms with Crippen molar-refractivity contribution in [1.29, 1.82) is 0 Å². The molecule has 0 bridgehead atoms. The molecular formula is C9H6ClN3O. The fourth-order valence-corrected chi connectivity index (χ4v) is 1.54. The maximum atomic E-state index is 11.3. The number of aromatic amines is 1. The van der Waals surface area contributed by atoms with Crippen molar-refractivity contribution in [3.05, 3.63) is 34.7 Å². The number of pyridine rings is 1. The molecule has 5 heteroatoms. The Bertz CT molecular complexity index is 588. The molecule has 1 aliphatic rings. The van der Waals surface area contributed by atoms with E-state index in [1.54, 1.807) is 6.20 Å². The minimum absolute atomic E-state index is 0. The van der Waals surface area contributed by atoms with E-state index < -0.39 is 0 Å². The first-order valence-electron chi connectivity index (χ1n) is 3.92. The van der Waals surface area contributed by atoms with Crippen LogP contribution in [0, 0.1) is 0 Å². The summed E-state index contributed by atoms with van der Waals surface area (Å²) >= 11 is 0. The molecule has 0 atom stereocenters. The van der Waals surface area contributed by atoms with Crippen molar-refractivity contribution in [2.24, 2.45) is 10.2 Å². The molecule has 2 aromatic rings. The zero-order valence-corrected chi connectivity index (χ0v) is 7.84. The second-order valence-electron chi connectivity index (χ2n) is 2.91. The predicted octanol–water partition coefficient (Wildman–Crippen LogP) is 2.68. The fraction of sp³-hybridized carbons (Fsp3) is 0. The van der Waals surface area contributed by atoms with Crippen LogP contribution in [0.4, 0.5) is 11.4 Å². The van der Waals surface area contributed by atoms with Gasteiger partial charge >= 0.3 is 0 Å². The minimum atomic E-state index is -0.179. The van der Waals surface area contributed by atoms with Gasteiger partial charge in [0.25, 0.3) is 5.56 Å². The molecular weight excluding hydrogens is 202 g/mol. The van der Waals surface area contributed by atoms with Gasteiger partial charge in [0, 0.05) is 17.0 Å². The van der Waals surface area contributed by atoms with Gasteiger partial charge in [0.2, 0.25) is 0 Å². The normalized spacial score (nSPS) is 11.7. The van der Waals surface area contributed by atoms with Gasteiger partial charge in [-0.25, -0.2) is 0 Å². The topological polar surface area (TPSA) is 57.6 Å². The molecule has 70 valence electrons. The summed E-state index contributed by atoms with van der Waals surface area (Å²) in [6.07, 6.45) is 1.68. The predicted molar refractivity (Wildman–Crippen MR) is 56.0 cm³/mol. The monoisotopic (exact) mass is 207 g/mol. The van der Waals surface area contributed by atoms with E-state index in [4.69, 9.17) is 0 Å². The van der Waals surface area contributed by atoms with Crippen molar-refractivity contribution >= 4 is 34.6 Å². The molecule has 3 rings (SSSR count). The third-order valence-corrected chi connectivity index (χ3v) is 2.14. The van der Waals surface area contributed by atoms with Crippen LogP contribution in [0.1, 0.15) is 0 Å². The molecule has 2 heterocycles. The van der Waals surface area contributed by atoms with Crippen molar-refractivity contribution in [2.75, 3.05) is 0 Å². The maximum Gasteiger partial charge on any atom is 0.276 e. The SMILES string of the molecule is Cl.O=c1[nH]cc2cccc3c2c1N=N3. The van der Waals surface area contributed by atoms with Crippen LogP contribution < -0.4 is 5.56 Å². The third kappa shape index (κ3) is 0.975. The van der Waals surface area contributed by atoms with E-state index in [-0.39, 0.29) is 18.0 Å². The van der Waals surface area contributed by atoms with E-state index in [9.17, 15) is 4.79 Å². The Labute approximate surface area is 85.1 Å². The maximum absolute atomic E-state index is 11.3. The standard InChI is InChI=1S/C9H5N3O.ClH/c13-9-8-7-5(4-10-9)2-1-3-6(7)11-12-8;/h1-4H,(H,10,13);1H. The van der Waals surface area contributed by atoms with Gasteiger partial charge in [0.05, 0.1) is 5.69 Å². The first kappa shape index (κ1) is 8.90. The van der Waals surface area contributed by atoms with Gasteiger partial charge in [-0.1, -0.05) is 12.1 Å². The number of halogens is 1. The van der Waals surface area contributed by atoms with Crippen LogP contribution in [-0.4, -0.2) is 4.98 Å². The molecule has 1 N–H and O–H groups in total. The van der Waals surface area contributed by atoms with Gasteiger partial charge in [-0.3, -0.25) is 4.79 Å². The molecule has 0 unspecified atom stereocenters. The van der Waals surface area contributed by atoms with Crippen LogP contribution in [0.15, 0.2) is 39.4 Å². The number of aromatic nitrogens is 1. The van der Waals surface area contributed by atoms with E-state index in [1.165, 1.54) is 0 Å². The van der Waals surface area contributed by atoms with Crippen LogP contribution in [0.3, 0.4) is 0 Å². The Morgan fingerprint density at radius 2 is 2.07 bits per heavy atom. The summed E-state index contributed by atoms with van der Waals surface area (Å²) in [6.45, 7) is 0. The first-order valence-corrected chi connectivity index (χ1v) is 3.92. The van der Waals surface area contributed by atoms with Crippen LogP contribution in [-0.2, 0) is 0 Å². The van der Waals surface area contributed by atoms with Gasteiger partial charge in [-0.05, 0) is 6.07 Å². The lowest BCUT2D eigenvalue weighted by Crippen LogP contribution is -2.02. The van der Waals surface area contributed by atoms with Gasteiger partial charge in [0.15, 0.2) is 5.69 Å². The third-order valence-electron chi connectivity index (χ3n) is 2.14. The van der Waals surface area contributed by atoms with Crippen LogP contribution in [0.25, 0.3) is 10.8 Å². The van der Waals surface area contributed by atoms with Gasteiger partial charge < -0.3 is 4.98 Å². The molecule has 1 aromatic carbocycles. The highest BCUT2D eigenvalue weighted by molar-refractivity contribution is 6.01. The summed E-state index contributed by atoms with van der Waals surface area (Å²) in [6, 6.07) is 5.67. The Kier molecular flexibility index (Phi) is 1.86. The average molecular weight is 208 g/mol. The van der Waals surface area contributed by atoms with Crippen molar-refractivity contribution in [1.82, 2.24) is 4.98 Å². The summed E-state index contributed by atoms with van der Waals surface area (Å²) in [5, 5.41) is 9.56. The van der Waals surface area contributed by atoms with Crippen LogP contribution in [0.5, 0.6) is 0 Å². The molecule has 0 aliphatic carbocycles. The summed E-state index contributed by atoms with van der Waals surface area (Å²) in [7, 11) is 0. The quantitative estimate of drug-likeness (QED) is 0.605. The molecule has 4 nitrogen and oxygen atoms in total. The lowest BCUT2D eigenvalue weighted by Gasteiger charge is -1.95. The van der Waals surface area contributed by atoms with Gasteiger partial charge in [-0.15, -0.1) is 22.6 Å². The lowest BCUT2D eigenvalue weighted by molar-refractivity contribution is 1.21. The van der Waals surface area contributed by atoms with E-state index in [1.807, 2.05) is 18.2 Å². The zero-order valence-electron chi connectivity index (χ0n) is 7.02. The van der Waals surface area contributed by atoms with E-state index in [0.717, 1.165) is 16.5 Å². The van der Waals surface area contributed by atoms with Crippen LogP contribution >= 0.6 is 12.4 Å². The number of azo groups is 1. The zero-order chi connectivity index (χ0) is 8.84. The molecule has 0 radical (unpaired) electrons. The molecule has 14 heavy (non-hydrogen) atoms. The smallest absolute Gasteiger partial charge is 0.276 e. The summed E-state index contributed by atoms with van der Waals surface area (Å²) in [5.74, 6) is 0. The summed E-state index contributed by atoms with van der Waals surface area (Å²) in [5.41, 5.74) is 1.02. The number of nitrogens with zero attached hydrogens (tertiary/aromatic N) is 2. The summed E-state index contributed by atoms with van der Waals surface area (Å²) < 4.78 is 0. The second-order valence-corrected chi connectivity index (χ2v) is 2.91. The molecule has 0 spiro atoms. The van der Waals surface area contributed by atoms with E-state index in [0.29, 0.717) is 5.69 Å². The summed E-state index contributed by atoms with van der Waals surface area (Å²) in [4.78, 5) is 13.9. The largest absolute Gasteiger partial charge is 0.327 e. The fourth-order valence-electron chi connectivity index (χ4n) is 1.54. The molecule has 0 fully saturated rings. The van der Waals surface area contributed by atoms with Crippen molar-refractivity contribution in [3.8, 4) is 0 Å². The Morgan fingerprint density at radius 3 is 2.93 bits per heavy atom. The number of H-pyrrole nitrogens is 1. The van der Waals surface area contributed by atoms with Crippen molar-refractivity contribution < 1.29 is 0 Å². The van der Waals surface area contributed by atoms with E-state index in [2.05, 4.69) is 15.2 Å². The number of rotatable bonds is 0. The average Bonchev–Trinajstić information content (AvgIpc) is 2.57. The molecule has 0 saturated carbocycles. The van der Waals surface area contributed by atoms with Crippen LogP contribution in [0.2, 0.25) is 0 Å². The van der Waals surface area contributed by atoms with Crippen molar-refractivity contribution in [2.45, 2.75) is 0 Å². The van der Waals surface area contributed by atoms with E-state index >= 15 is 0 Å². The lowest BCUT2D eigenvalue weighted by atomic mass is 10.1. The Balaban J connectivity index is 0.000000750. The van der Waals surface area contributed by atoms with Gasteiger partial charge in [-0.2, -0.15) is 0 Å². The minimum Gasteiger partial charge on any atom is -0.327 e. The number of hydrogen-bond donors (Lipinski definition) is 1. The second kappa shape index (κ2) is 2.92. The molecule has 1 aliphatic heterocycles. The molecule has 0 saturated heterocycles. The first-order chi connectivity index (χ1) is 6.36. The molecule has 1 aromatic heterocycles. The Hall–Kier alpha value is -1.68. The number of hydrogen-bond acceptors (Lipinski definition) is 3. The number of nitrogens with one attached hydrogen (secondary N) is 1. The van der Waals surface area contributed by atoms with Crippen molar-refractivity contribution in [3.63, 3.8) is 0 Å². The highest BCUT2D eigenvalue weighted by atomic mass is 35.5. The molecule has 0 amide bonds. The highest BCUT2D eigenvalue weighted by Crippen LogP contribution is 2.37. The Morgan fingerprint density at radius 1 is 1.21 bits per heavy atom. The number of benzene rings is 1.